The number of rotatable bonds is 8. The molecule has 1 N–H and O–H groups in total. The maximum atomic E-state index is 12.7. The van der Waals surface area contributed by atoms with Gasteiger partial charge in [-0.1, -0.05) is 44.2 Å². The highest BCUT2D eigenvalue weighted by atomic mass is 16.5. The van der Waals surface area contributed by atoms with E-state index in [1.807, 2.05) is 50.2 Å². The van der Waals surface area contributed by atoms with Gasteiger partial charge in [0.2, 0.25) is 5.91 Å². The van der Waals surface area contributed by atoms with E-state index in [4.69, 9.17) is 4.74 Å². The molecular formula is C26H24N4O4. The lowest BCUT2D eigenvalue weighted by Crippen LogP contribution is -2.15. The van der Waals surface area contributed by atoms with Crippen molar-refractivity contribution in [2.75, 3.05) is 11.9 Å². The number of hydrogen-bond acceptors (Lipinski definition) is 6. The van der Waals surface area contributed by atoms with Gasteiger partial charge >= 0.3 is 5.97 Å². The van der Waals surface area contributed by atoms with Crippen molar-refractivity contribution in [1.29, 1.82) is 0 Å². The van der Waals surface area contributed by atoms with Crippen molar-refractivity contribution >= 4 is 29.0 Å². The van der Waals surface area contributed by atoms with Crippen molar-refractivity contribution in [1.82, 2.24) is 14.6 Å². The van der Waals surface area contributed by atoms with Crippen LogP contribution in [0.3, 0.4) is 0 Å². The SMILES string of the molecule is CC(C)CC(=O)Nc1ccc(C(=O)COC(=O)c2cnn3c(-c4ccccc4)ccnc23)cc1. The first-order valence-corrected chi connectivity index (χ1v) is 10.9. The number of nitrogens with zero attached hydrogens (tertiary/aromatic N) is 3. The molecule has 0 saturated carbocycles. The topological polar surface area (TPSA) is 103 Å². The van der Waals surface area contributed by atoms with Crippen LogP contribution < -0.4 is 5.32 Å². The lowest BCUT2D eigenvalue weighted by atomic mass is 10.1. The zero-order valence-electron chi connectivity index (χ0n) is 18.9. The molecule has 172 valence electrons. The van der Waals surface area contributed by atoms with Gasteiger partial charge in [0.25, 0.3) is 0 Å². The van der Waals surface area contributed by atoms with Crippen molar-refractivity contribution in [3.8, 4) is 11.3 Å². The van der Waals surface area contributed by atoms with Gasteiger partial charge in [0.15, 0.2) is 18.0 Å². The number of nitrogens with one attached hydrogen (secondary N) is 1. The number of carbonyl (C=O) groups excluding carboxylic acids is 3. The van der Waals surface area contributed by atoms with E-state index < -0.39 is 12.6 Å². The third-order valence-electron chi connectivity index (χ3n) is 5.11. The van der Waals surface area contributed by atoms with Crippen molar-refractivity contribution < 1.29 is 19.1 Å². The molecule has 0 radical (unpaired) electrons. The number of carbonyl (C=O) groups is 3. The number of Topliss-reactive ketones (excluding diaryl/α,β-unsaturated/α-hetero) is 1. The summed E-state index contributed by atoms with van der Waals surface area (Å²) in [7, 11) is 0. The summed E-state index contributed by atoms with van der Waals surface area (Å²) in [5, 5.41) is 7.08. The second-order valence-electron chi connectivity index (χ2n) is 8.21. The molecule has 2 aromatic heterocycles. The second kappa shape index (κ2) is 10.1. The molecule has 0 bridgehead atoms. The Hall–Kier alpha value is -4.33. The van der Waals surface area contributed by atoms with Gasteiger partial charge in [-0.15, -0.1) is 0 Å². The van der Waals surface area contributed by atoms with Crippen molar-refractivity contribution in [2.24, 2.45) is 5.92 Å². The van der Waals surface area contributed by atoms with E-state index in [9.17, 15) is 14.4 Å². The van der Waals surface area contributed by atoms with Crippen LogP contribution in [0.25, 0.3) is 16.9 Å². The van der Waals surface area contributed by atoms with Crippen LogP contribution in [0.1, 0.15) is 41.0 Å². The molecule has 0 aliphatic carbocycles. The van der Waals surface area contributed by atoms with Crippen LogP contribution in [0.15, 0.2) is 73.1 Å². The van der Waals surface area contributed by atoms with Gasteiger partial charge in [-0.05, 0) is 36.2 Å². The molecule has 4 aromatic rings. The molecule has 4 rings (SSSR count). The summed E-state index contributed by atoms with van der Waals surface area (Å²) in [5.41, 5.74) is 3.21. The number of benzene rings is 2. The molecule has 2 aromatic carbocycles. The molecule has 0 saturated heterocycles. The fraction of sp³-hybridized carbons (Fsp3) is 0.192. The minimum Gasteiger partial charge on any atom is -0.454 e. The van der Waals surface area contributed by atoms with Crippen LogP contribution in [-0.4, -0.2) is 38.9 Å². The first kappa shape index (κ1) is 22.8. The number of esters is 1. The maximum absolute atomic E-state index is 12.7. The van der Waals surface area contributed by atoms with Gasteiger partial charge < -0.3 is 10.1 Å². The Labute approximate surface area is 196 Å². The Kier molecular flexibility index (Phi) is 6.77. The highest BCUT2D eigenvalue weighted by Crippen LogP contribution is 2.21. The molecule has 0 unspecified atom stereocenters. The van der Waals surface area contributed by atoms with Gasteiger partial charge in [-0.25, -0.2) is 14.3 Å². The van der Waals surface area contributed by atoms with E-state index in [2.05, 4.69) is 15.4 Å². The molecule has 0 aliphatic heterocycles. The number of fused-ring (bicyclic) bond motifs is 1. The van der Waals surface area contributed by atoms with E-state index >= 15 is 0 Å². The lowest BCUT2D eigenvalue weighted by Gasteiger charge is -2.08. The molecule has 2 heterocycles. The zero-order valence-corrected chi connectivity index (χ0v) is 18.9. The van der Waals surface area contributed by atoms with Crippen molar-refractivity contribution in [3.05, 3.63) is 84.2 Å². The highest BCUT2D eigenvalue weighted by Gasteiger charge is 2.19. The molecule has 1 amide bonds. The Morgan fingerprint density at radius 2 is 1.74 bits per heavy atom. The Morgan fingerprint density at radius 1 is 1.00 bits per heavy atom. The zero-order chi connectivity index (χ0) is 24.1. The van der Waals surface area contributed by atoms with E-state index in [-0.39, 0.29) is 23.2 Å². The third-order valence-corrected chi connectivity index (χ3v) is 5.11. The monoisotopic (exact) mass is 456 g/mol. The second-order valence-corrected chi connectivity index (χ2v) is 8.21. The van der Waals surface area contributed by atoms with Gasteiger partial charge in [0.05, 0.1) is 11.9 Å². The summed E-state index contributed by atoms with van der Waals surface area (Å²) in [6.07, 6.45) is 3.40. The molecular weight excluding hydrogens is 432 g/mol. The van der Waals surface area contributed by atoms with E-state index in [0.717, 1.165) is 11.3 Å². The number of ether oxygens (including phenoxy) is 1. The summed E-state index contributed by atoms with van der Waals surface area (Å²) >= 11 is 0. The standard InChI is InChI=1S/C26H24N4O4/c1-17(2)14-24(32)29-20-10-8-19(9-11-20)23(31)16-34-26(33)21-15-28-30-22(12-13-27-25(21)30)18-6-4-3-5-7-18/h3-13,15,17H,14,16H2,1-2H3,(H,29,32). The molecule has 0 spiro atoms. The highest BCUT2D eigenvalue weighted by molar-refractivity contribution is 6.01. The summed E-state index contributed by atoms with van der Waals surface area (Å²) in [6.45, 7) is 3.51. The van der Waals surface area contributed by atoms with Crippen molar-refractivity contribution in [3.63, 3.8) is 0 Å². The van der Waals surface area contributed by atoms with Gasteiger partial charge in [0, 0.05) is 29.4 Å². The molecule has 8 heteroatoms. The Bertz CT molecular complexity index is 1330. The van der Waals surface area contributed by atoms with Crippen LogP contribution in [0, 0.1) is 5.92 Å². The fourth-order valence-electron chi connectivity index (χ4n) is 3.48. The smallest absolute Gasteiger partial charge is 0.344 e. The molecule has 0 fully saturated rings. The Morgan fingerprint density at radius 3 is 2.44 bits per heavy atom. The molecule has 0 atom stereocenters. The summed E-state index contributed by atoms with van der Waals surface area (Å²) in [6, 6.07) is 17.9. The lowest BCUT2D eigenvalue weighted by molar-refractivity contribution is -0.116. The normalized spacial score (nSPS) is 10.9. The van der Waals surface area contributed by atoms with E-state index in [1.54, 1.807) is 35.0 Å². The number of anilines is 1. The third kappa shape index (κ3) is 5.17. The minimum absolute atomic E-state index is 0.0829. The van der Waals surface area contributed by atoms with Crippen molar-refractivity contribution in [2.45, 2.75) is 20.3 Å². The molecule has 0 aliphatic rings. The van der Waals surface area contributed by atoms with Crippen LogP contribution in [-0.2, 0) is 9.53 Å². The van der Waals surface area contributed by atoms with Gasteiger partial charge in [-0.2, -0.15) is 5.10 Å². The Balaban J connectivity index is 1.41. The average Bonchev–Trinajstić information content (AvgIpc) is 3.27. The quantitative estimate of drug-likeness (QED) is 0.311. The van der Waals surface area contributed by atoms with Crippen LogP contribution >= 0.6 is 0 Å². The molecule has 8 nitrogen and oxygen atoms in total. The predicted octanol–water partition coefficient (Wildman–Crippen LogP) is 4.42. The minimum atomic E-state index is -0.682. The first-order valence-electron chi connectivity index (χ1n) is 10.9. The summed E-state index contributed by atoms with van der Waals surface area (Å²) in [5.74, 6) is -0.870. The predicted molar refractivity (Wildman–Crippen MR) is 128 cm³/mol. The van der Waals surface area contributed by atoms with E-state index in [0.29, 0.717) is 23.3 Å². The maximum Gasteiger partial charge on any atom is 0.344 e. The molecule has 34 heavy (non-hydrogen) atoms. The number of hydrogen-bond donors (Lipinski definition) is 1. The van der Waals surface area contributed by atoms with E-state index in [1.165, 1.54) is 6.20 Å². The summed E-state index contributed by atoms with van der Waals surface area (Å²) < 4.78 is 6.81. The fourth-order valence-corrected chi connectivity index (χ4v) is 3.48. The van der Waals surface area contributed by atoms with Gasteiger partial charge in [0.1, 0.15) is 5.56 Å². The van der Waals surface area contributed by atoms with Crippen LogP contribution in [0.4, 0.5) is 5.69 Å². The number of aromatic nitrogens is 3. The average molecular weight is 457 g/mol. The first-order chi connectivity index (χ1) is 16.4. The van der Waals surface area contributed by atoms with Crippen LogP contribution in [0.2, 0.25) is 0 Å². The number of amides is 1. The van der Waals surface area contributed by atoms with Crippen LogP contribution in [0.5, 0.6) is 0 Å². The number of ketones is 1. The van der Waals surface area contributed by atoms with Gasteiger partial charge in [-0.3, -0.25) is 9.59 Å². The summed E-state index contributed by atoms with van der Waals surface area (Å²) in [4.78, 5) is 41.3. The largest absolute Gasteiger partial charge is 0.454 e.